The second-order valence-corrected chi connectivity index (χ2v) is 18.1. The normalized spacial score (nSPS) is 14.1. The molecule has 0 bridgehead atoms. The molecule has 0 unspecified atom stereocenters. The first kappa shape index (κ1) is 51.0. The Morgan fingerprint density at radius 1 is 0.576 bits per heavy atom. The van der Waals surface area contributed by atoms with Gasteiger partial charge in [0, 0.05) is 47.0 Å². The molecule has 0 radical (unpaired) electrons. The van der Waals surface area contributed by atoms with Crippen molar-refractivity contribution in [1.29, 1.82) is 0 Å². The number of aromatic hydroxyl groups is 1. The highest BCUT2D eigenvalue weighted by atomic mass is 32.2. The van der Waals surface area contributed by atoms with Gasteiger partial charge in [0.2, 0.25) is 35.4 Å². The Bertz CT molecular complexity index is 2410. The summed E-state index contributed by atoms with van der Waals surface area (Å²) in [5, 5.41) is 25.8. The molecule has 5 aromatic rings. The van der Waals surface area contributed by atoms with Gasteiger partial charge < -0.3 is 58.9 Å². The maximum absolute atomic E-state index is 14.4. The van der Waals surface area contributed by atoms with Gasteiger partial charge in [0.1, 0.15) is 36.0 Å². The van der Waals surface area contributed by atoms with Gasteiger partial charge in [-0.2, -0.15) is 23.5 Å². The molecule has 5 rings (SSSR count). The van der Waals surface area contributed by atoms with Crippen LogP contribution in [0.15, 0.2) is 85.2 Å². The number of carbonyl (C=O) groups is 6. The molecular weight excluding hydrogens is 881 g/mol. The van der Waals surface area contributed by atoms with E-state index in [1.165, 1.54) is 35.7 Å². The van der Waals surface area contributed by atoms with Crippen molar-refractivity contribution in [3.05, 3.63) is 102 Å². The Morgan fingerprint density at radius 3 is 1.58 bits per heavy atom. The Hall–Kier alpha value is -6.02. The average molecular weight is 943 g/mol. The molecule has 6 amide bonds. The van der Waals surface area contributed by atoms with Crippen LogP contribution in [0.4, 0.5) is 0 Å². The van der Waals surface area contributed by atoms with E-state index in [4.69, 9.17) is 17.2 Å². The van der Waals surface area contributed by atoms with Gasteiger partial charge in [-0.25, -0.2) is 0 Å². The molecule has 0 aliphatic heterocycles. The Balaban J connectivity index is 1.37. The van der Waals surface area contributed by atoms with Gasteiger partial charge in [0.05, 0.1) is 6.04 Å². The highest BCUT2D eigenvalue weighted by Gasteiger charge is 2.33. The van der Waals surface area contributed by atoms with Crippen molar-refractivity contribution in [1.82, 2.24) is 36.6 Å². The third kappa shape index (κ3) is 14.7. The molecule has 0 saturated heterocycles. The molecule has 14 N–H and O–H groups in total. The highest BCUT2D eigenvalue weighted by molar-refractivity contribution is 7.98. The summed E-state index contributed by atoms with van der Waals surface area (Å²) >= 11 is 2.94. The predicted octanol–water partition coefficient (Wildman–Crippen LogP) is 2.25. The van der Waals surface area contributed by atoms with Gasteiger partial charge in [-0.3, -0.25) is 28.8 Å². The number of thioether (sulfide) groups is 2. The molecule has 17 nitrogen and oxygen atoms in total. The zero-order chi connectivity index (χ0) is 47.6. The van der Waals surface area contributed by atoms with Crippen LogP contribution in [0.1, 0.15) is 48.8 Å². The number of primary amides is 1. The summed E-state index contributed by atoms with van der Waals surface area (Å²) in [6.45, 7) is 0.363. The van der Waals surface area contributed by atoms with Gasteiger partial charge in [-0.05, 0) is 110 Å². The number of aromatic nitrogens is 2. The first-order valence-corrected chi connectivity index (χ1v) is 24.7. The second kappa shape index (κ2) is 25.6. The topological polar surface area (TPSA) is 292 Å². The molecule has 0 aliphatic rings. The summed E-state index contributed by atoms with van der Waals surface area (Å²) in [6, 6.07) is 14.6. The van der Waals surface area contributed by atoms with E-state index in [1.807, 2.05) is 61.0 Å². The van der Waals surface area contributed by atoms with Crippen molar-refractivity contribution in [2.45, 2.75) is 87.6 Å². The number of fused-ring (bicyclic) bond motifs is 2. The fourth-order valence-corrected chi connectivity index (χ4v) is 8.54. The Morgan fingerprint density at radius 2 is 1.03 bits per heavy atom. The molecule has 0 fully saturated rings. The van der Waals surface area contributed by atoms with E-state index >= 15 is 0 Å². The number of carbonyl (C=O) groups excluding carboxylic acids is 6. The number of hydrogen-bond acceptors (Lipinski definition) is 11. The minimum Gasteiger partial charge on any atom is -0.508 e. The molecule has 2 heterocycles. The zero-order valence-corrected chi connectivity index (χ0v) is 38.9. The summed E-state index contributed by atoms with van der Waals surface area (Å²) in [5.74, 6) is -2.92. The van der Waals surface area contributed by atoms with Crippen LogP contribution in [-0.4, -0.2) is 117 Å². The fourth-order valence-electron chi connectivity index (χ4n) is 7.59. The van der Waals surface area contributed by atoms with E-state index in [2.05, 4.69) is 36.6 Å². The van der Waals surface area contributed by atoms with Crippen molar-refractivity contribution in [3.63, 3.8) is 0 Å². The van der Waals surface area contributed by atoms with Crippen molar-refractivity contribution >= 4 is 80.8 Å². The smallest absolute Gasteiger partial charge is 0.243 e. The number of unbranched alkanes of at least 4 members (excludes halogenated alkanes) is 1. The first-order valence-electron chi connectivity index (χ1n) is 21.9. The van der Waals surface area contributed by atoms with Gasteiger partial charge >= 0.3 is 0 Å². The van der Waals surface area contributed by atoms with E-state index < -0.39 is 71.7 Å². The summed E-state index contributed by atoms with van der Waals surface area (Å²) in [4.78, 5) is 89.3. The number of phenolic OH excluding ortho intramolecular Hbond substituents is 1. The molecule has 2 aromatic heterocycles. The van der Waals surface area contributed by atoms with Crippen LogP contribution in [0.25, 0.3) is 21.8 Å². The van der Waals surface area contributed by atoms with Gasteiger partial charge in [0.15, 0.2) is 0 Å². The molecule has 6 atom stereocenters. The van der Waals surface area contributed by atoms with Crippen LogP contribution in [-0.2, 0) is 48.0 Å². The van der Waals surface area contributed by atoms with Gasteiger partial charge in [0.25, 0.3) is 0 Å². The lowest BCUT2D eigenvalue weighted by Crippen LogP contribution is -2.60. The predicted molar refractivity (Wildman–Crippen MR) is 262 cm³/mol. The van der Waals surface area contributed by atoms with Crippen molar-refractivity contribution in [2.24, 2.45) is 17.2 Å². The first-order chi connectivity index (χ1) is 31.8. The van der Waals surface area contributed by atoms with Gasteiger partial charge in [-0.15, -0.1) is 0 Å². The fraction of sp³-hybridized carbons (Fsp3) is 0.404. The lowest BCUT2D eigenvalue weighted by atomic mass is 10.0. The van der Waals surface area contributed by atoms with E-state index in [9.17, 15) is 33.9 Å². The van der Waals surface area contributed by atoms with Crippen LogP contribution in [0.5, 0.6) is 5.75 Å². The number of hydrogen-bond donors (Lipinski definition) is 11. The number of nitrogens with one attached hydrogen (secondary N) is 7. The Labute approximate surface area is 392 Å². The lowest BCUT2D eigenvalue weighted by molar-refractivity contribution is -0.135. The summed E-state index contributed by atoms with van der Waals surface area (Å²) in [7, 11) is 0. The number of amides is 6. The van der Waals surface area contributed by atoms with E-state index in [-0.39, 0.29) is 44.3 Å². The van der Waals surface area contributed by atoms with Crippen molar-refractivity contribution < 1.29 is 33.9 Å². The molecular formula is C47H62N10O7S2. The van der Waals surface area contributed by atoms with Crippen molar-refractivity contribution in [2.75, 3.05) is 30.6 Å². The molecule has 0 spiro atoms. The van der Waals surface area contributed by atoms with Crippen LogP contribution in [0.2, 0.25) is 0 Å². The quantitative estimate of drug-likeness (QED) is 0.0340. The molecule has 66 heavy (non-hydrogen) atoms. The van der Waals surface area contributed by atoms with E-state index in [0.717, 1.165) is 32.9 Å². The standard InChI is InChI=1S/C47H62N10O7S2/c1-65-21-18-37(42(50)59)53-47(64)41(25-30-27-52-36-12-6-4-10-33(30)36)57-45(62)39(19-22-66-2)55-46(63)40(23-28-14-16-31(58)17-15-28)56-44(61)38(13-7-8-20-48)54-43(60)34(49)24-29-26-51-35-11-5-3-9-32(29)35/h3-6,9-12,14-17,26-27,34,37-41,51-52,58H,7-8,13,18-25,48-49H2,1-2H3,(H2,50,59)(H,53,64)(H,54,60)(H,55,63)(H,56,61)(H,57,62)/t34-,37+,38-,39-,40-,41-/m0/s1. The summed E-state index contributed by atoms with van der Waals surface area (Å²) < 4.78 is 0. The molecule has 0 saturated carbocycles. The van der Waals surface area contributed by atoms with E-state index in [0.29, 0.717) is 36.5 Å². The van der Waals surface area contributed by atoms with Crippen LogP contribution in [0, 0.1) is 0 Å². The lowest BCUT2D eigenvalue weighted by Gasteiger charge is -2.27. The number of benzene rings is 3. The van der Waals surface area contributed by atoms with Crippen LogP contribution in [0.3, 0.4) is 0 Å². The van der Waals surface area contributed by atoms with Gasteiger partial charge in [-0.1, -0.05) is 48.5 Å². The number of H-pyrrole nitrogens is 2. The Kier molecular flexibility index (Phi) is 19.8. The zero-order valence-electron chi connectivity index (χ0n) is 37.3. The largest absolute Gasteiger partial charge is 0.508 e. The van der Waals surface area contributed by atoms with Crippen molar-refractivity contribution in [3.8, 4) is 5.75 Å². The third-order valence-electron chi connectivity index (χ3n) is 11.3. The van der Waals surface area contributed by atoms with Crippen LogP contribution >= 0.6 is 23.5 Å². The minimum atomic E-state index is -1.27. The molecule has 3 aromatic carbocycles. The molecule has 19 heteroatoms. The molecule has 0 aliphatic carbocycles. The highest BCUT2D eigenvalue weighted by Crippen LogP contribution is 2.21. The average Bonchev–Trinajstić information content (AvgIpc) is 3.92. The SMILES string of the molecule is CSCC[C@H](NC(=O)[C@H](Cc1ccc(O)cc1)NC(=O)[C@H](CCCCN)NC(=O)[C@@H](N)Cc1c[nH]c2ccccc12)C(=O)N[C@@H](Cc1c[nH]c2ccccc12)C(=O)N[C@H](CCSC)C(N)=O. The molecule has 354 valence electrons. The maximum Gasteiger partial charge on any atom is 0.243 e. The second-order valence-electron chi connectivity index (χ2n) is 16.2. The van der Waals surface area contributed by atoms with E-state index in [1.54, 1.807) is 24.5 Å². The maximum atomic E-state index is 14.4. The number of rotatable bonds is 27. The number of phenols is 1. The summed E-state index contributed by atoms with van der Waals surface area (Å²) in [5.41, 5.74) is 21.7. The monoisotopic (exact) mass is 942 g/mol. The number of para-hydroxylation sites is 2. The number of aromatic amines is 2. The third-order valence-corrected chi connectivity index (χ3v) is 12.6. The van der Waals surface area contributed by atoms with Crippen LogP contribution < -0.4 is 43.8 Å². The summed E-state index contributed by atoms with van der Waals surface area (Å²) in [6.07, 6.45) is 9.17. The minimum absolute atomic E-state index is 0.00173. The number of nitrogens with two attached hydrogens (primary N) is 3.